The molecule has 0 radical (unpaired) electrons. The summed E-state index contributed by atoms with van der Waals surface area (Å²) in [7, 11) is 4.82. The summed E-state index contributed by atoms with van der Waals surface area (Å²) in [4.78, 5) is 22.4. The molecule has 1 saturated heterocycles. The highest BCUT2D eigenvalue weighted by Gasteiger charge is 2.25. The first-order valence-corrected chi connectivity index (χ1v) is 11.2. The number of morpholine rings is 1. The Kier molecular flexibility index (Phi) is 7.09. The van der Waals surface area contributed by atoms with Crippen LogP contribution in [0.3, 0.4) is 0 Å². The number of amides is 1. The minimum Gasteiger partial charge on any atom is -0.497 e. The van der Waals surface area contributed by atoms with Gasteiger partial charge in [0.25, 0.3) is 5.91 Å². The maximum absolute atomic E-state index is 13.6. The zero-order chi connectivity index (χ0) is 22.5. The lowest BCUT2D eigenvalue weighted by atomic mass is 10.2. The van der Waals surface area contributed by atoms with Crippen LogP contribution in [0.1, 0.15) is 10.4 Å². The summed E-state index contributed by atoms with van der Waals surface area (Å²) in [6.45, 7) is 4.34. The highest BCUT2D eigenvalue weighted by molar-refractivity contribution is 7.22. The minimum absolute atomic E-state index is 0.130. The van der Waals surface area contributed by atoms with Crippen LogP contribution in [0.25, 0.3) is 10.2 Å². The van der Waals surface area contributed by atoms with Crippen LogP contribution < -0.4 is 19.1 Å². The highest BCUT2D eigenvalue weighted by Crippen LogP contribution is 2.40. The van der Waals surface area contributed by atoms with E-state index < -0.39 is 0 Å². The van der Waals surface area contributed by atoms with Crippen molar-refractivity contribution >= 4 is 32.6 Å². The Morgan fingerprint density at radius 3 is 2.56 bits per heavy atom. The number of hydrogen-bond donors (Lipinski definition) is 0. The molecule has 1 amide bonds. The van der Waals surface area contributed by atoms with Crippen LogP contribution in [0, 0.1) is 0 Å². The first kappa shape index (κ1) is 22.3. The Bertz CT molecular complexity index is 1040. The second-order valence-corrected chi connectivity index (χ2v) is 8.26. The van der Waals surface area contributed by atoms with Crippen molar-refractivity contribution in [1.82, 2.24) is 9.88 Å². The molecule has 2 aromatic carbocycles. The Hall–Kier alpha value is -2.88. The molecule has 0 aliphatic carbocycles. The third-order valence-electron chi connectivity index (χ3n) is 5.44. The SMILES string of the molecule is COc1cccc(C(=O)N(CCN2CCOCC2)c2nc3c(OC)ccc(OC)c3s2)c1. The normalized spacial score (nSPS) is 14.3. The number of ether oxygens (including phenoxy) is 4. The van der Waals surface area contributed by atoms with Gasteiger partial charge in [-0.1, -0.05) is 17.4 Å². The Balaban J connectivity index is 1.71. The van der Waals surface area contributed by atoms with Crippen LogP contribution in [0.2, 0.25) is 0 Å². The monoisotopic (exact) mass is 457 g/mol. The Morgan fingerprint density at radius 2 is 1.84 bits per heavy atom. The highest BCUT2D eigenvalue weighted by atomic mass is 32.1. The molecule has 9 heteroatoms. The lowest BCUT2D eigenvalue weighted by Gasteiger charge is -2.29. The van der Waals surface area contributed by atoms with Crippen molar-refractivity contribution < 1.29 is 23.7 Å². The summed E-state index contributed by atoms with van der Waals surface area (Å²) in [5.41, 5.74) is 1.23. The van der Waals surface area contributed by atoms with Gasteiger partial charge >= 0.3 is 0 Å². The van der Waals surface area contributed by atoms with Crippen molar-refractivity contribution in [3.05, 3.63) is 42.0 Å². The van der Waals surface area contributed by atoms with Crippen LogP contribution in [0.15, 0.2) is 36.4 Å². The number of carbonyl (C=O) groups excluding carboxylic acids is 1. The Labute approximate surface area is 191 Å². The quantitative estimate of drug-likeness (QED) is 0.514. The molecule has 3 aromatic rings. The smallest absolute Gasteiger partial charge is 0.260 e. The lowest BCUT2D eigenvalue weighted by Crippen LogP contribution is -2.43. The molecule has 0 N–H and O–H groups in total. The van der Waals surface area contributed by atoms with Gasteiger partial charge in [0.2, 0.25) is 0 Å². The molecule has 0 saturated carbocycles. The second kappa shape index (κ2) is 10.2. The summed E-state index contributed by atoms with van der Waals surface area (Å²) in [6.07, 6.45) is 0. The number of benzene rings is 2. The standard InChI is InChI=1S/C23H27N3O5S/c1-28-17-6-4-5-16(15-17)22(27)26(10-9-25-11-13-31-14-12-25)23-24-20-18(29-2)7-8-19(30-3)21(20)32-23/h4-8,15H,9-14H2,1-3H3. The predicted octanol–water partition coefficient (Wildman–Crippen LogP) is 3.30. The maximum atomic E-state index is 13.6. The molecule has 8 nitrogen and oxygen atoms in total. The van der Waals surface area contributed by atoms with Gasteiger partial charge in [-0.2, -0.15) is 0 Å². The number of nitrogens with zero attached hydrogens (tertiary/aromatic N) is 3. The molecule has 0 bridgehead atoms. The van der Waals surface area contributed by atoms with Gasteiger partial charge in [-0.15, -0.1) is 0 Å². The Morgan fingerprint density at radius 1 is 1.09 bits per heavy atom. The molecule has 0 atom stereocenters. The predicted molar refractivity (Wildman–Crippen MR) is 125 cm³/mol. The van der Waals surface area contributed by atoms with Crippen molar-refractivity contribution in [2.75, 3.05) is 65.6 Å². The molecule has 170 valence electrons. The number of methoxy groups -OCH3 is 3. The van der Waals surface area contributed by atoms with E-state index in [0.717, 1.165) is 24.3 Å². The number of rotatable bonds is 8. The minimum atomic E-state index is -0.130. The number of aromatic nitrogens is 1. The van der Waals surface area contributed by atoms with E-state index >= 15 is 0 Å². The summed E-state index contributed by atoms with van der Waals surface area (Å²) >= 11 is 1.42. The van der Waals surface area contributed by atoms with Crippen LogP contribution in [0.5, 0.6) is 17.2 Å². The second-order valence-electron chi connectivity index (χ2n) is 7.29. The molecule has 32 heavy (non-hydrogen) atoms. The lowest BCUT2D eigenvalue weighted by molar-refractivity contribution is 0.0391. The van der Waals surface area contributed by atoms with Crippen LogP contribution in [-0.2, 0) is 4.74 Å². The molecule has 4 rings (SSSR count). The van der Waals surface area contributed by atoms with Gasteiger partial charge in [-0.3, -0.25) is 14.6 Å². The largest absolute Gasteiger partial charge is 0.497 e. The van der Waals surface area contributed by atoms with E-state index in [0.29, 0.717) is 53.2 Å². The number of anilines is 1. The number of thiazole rings is 1. The number of hydrogen-bond acceptors (Lipinski definition) is 8. The van der Waals surface area contributed by atoms with Crippen molar-refractivity contribution in [1.29, 1.82) is 0 Å². The van der Waals surface area contributed by atoms with Gasteiger partial charge in [0.1, 0.15) is 27.5 Å². The van der Waals surface area contributed by atoms with E-state index in [4.69, 9.17) is 23.9 Å². The van der Waals surface area contributed by atoms with Crippen LogP contribution >= 0.6 is 11.3 Å². The van der Waals surface area contributed by atoms with Gasteiger partial charge in [0, 0.05) is 31.7 Å². The molecule has 1 aromatic heterocycles. The summed E-state index contributed by atoms with van der Waals surface area (Å²) in [6, 6.07) is 10.9. The van der Waals surface area contributed by atoms with Gasteiger partial charge in [0.05, 0.1) is 34.5 Å². The molecular weight excluding hydrogens is 430 g/mol. The van der Waals surface area contributed by atoms with Gasteiger partial charge in [0.15, 0.2) is 5.13 Å². The number of fused-ring (bicyclic) bond motifs is 1. The zero-order valence-corrected chi connectivity index (χ0v) is 19.3. The number of carbonyl (C=O) groups is 1. The first-order chi connectivity index (χ1) is 15.6. The molecule has 0 unspecified atom stereocenters. The van der Waals surface area contributed by atoms with Gasteiger partial charge < -0.3 is 18.9 Å². The molecule has 1 fully saturated rings. The van der Waals surface area contributed by atoms with E-state index in [-0.39, 0.29) is 5.91 Å². The van der Waals surface area contributed by atoms with Crippen LogP contribution in [-0.4, -0.2) is 76.5 Å². The zero-order valence-electron chi connectivity index (χ0n) is 18.5. The average molecular weight is 458 g/mol. The fraction of sp³-hybridized carbons (Fsp3) is 0.391. The molecule has 1 aliphatic rings. The fourth-order valence-electron chi connectivity index (χ4n) is 3.65. The molecule has 0 spiro atoms. The summed E-state index contributed by atoms with van der Waals surface area (Å²) in [5, 5.41) is 0.601. The van der Waals surface area contributed by atoms with Crippen molar-refractivity contribution in [2.45, 2.75) is 0 Å². The van der Waals surface area contributed by atoms with E-state index in [1.54, 1.807) is 38.4 Å². The molecule has 1 aliphatic heterocycles. The van der Waals surface area contributed by atoms with Crippen molar-refractivity contribution in [2.24, 2.45) is 0 Å². The van der Waals surface area contributed by atoms with Crippen LogP contribution in [0.4, 0.5) is 5.13 Å². The van der Waals surface area contributed by atoms with Crippen molar-refractivity contribution in [3.63, 3.8) is 0 Å². The first-order valence-electron chi connectivity index (χ1n) is 10.4. The fourth-order valence-corrected chi connectivity index (χ4v) is 4.75. The van der Waals surface area contributed by atoms with E-state index in [9.17, 15) is 4.79 Å². The van der Waals surface area contributed by atoms with Crippen molar-refractivity contribution in [3.8, 4) is 17.2 Å². The third kappa shape index (κ3) is 4.64. The summed E-state index contributed by atoms with van der Waals surface area (Å²) < 4.78 is 22.6. The van der Waals surface area contributed by atoms with E-state index in [2.05, 4.69) is 4.90 Å². The van der Waals surface area contributed by atoms with Gasteiger partial charge in [-0.25, -0.2) is 4.98 Å². The van der Waals surface area contributed by atoms with E-state index in [1.165, 1.54) is 11.3 Å². The third-order valence-corrected chi connectivity index (χ3v) is 6.53. The maximum Gasteiger partial charge on any atom is 0.260 e. The van der Waals surface area contributed by atoms with Gasteiger partial charge in [-0.05, 0) is 30.3 Å². The molecule has 2 heterocycles. The molecular formula is C23H27N3O5S. The topological polar surface area (TPSA) is 73.4 Å². The summed E-state index contributed by atoms with van der Waals surface area (Å²) in [5.74, 6) is 1.85. The van der Waals surface area contributed by atoms with E-state index in [1.807, 2.05) is 24.3 Å². The average Bonchev–Trinajstić information content (AvgIpc) is 3.29.